The number of hydrogen-bond donors (Lipinski definition) is 0. The Morgan fingerprint density at radius 3 is 2.50 bits per heavy atom. The van der Waals surface area contributed by atoms with Gasteiger partial charge in [0.15, 0.2) is 0 Å². The molecule has 1 atom stereocenters. The molecule has 0 heterocycles. The van der Waals surface area contributed by atoms with E-state index in [9.17, 15) is 9.36 Å². The molecule has 0 aromatic heterocycles. The maximum Gasteiger partial charge on any atom is 0.378 e. The minimum atomic E-state index is -3.12. The zero-order chi connectivity index (χ0) is 9.61. The van der Waals surface area contributed by atoms with E-state index in [-0.39, 0.29) is 0 Å². The zero-order valence-corrected chi connectivity index (χ0v) is 8.60. The Hall–Kier alpha value is -0.340. The molecule has 0 radical (unpaired) electrons. The van der Waals surface area contributed by atoms with Gasteiger partial charge in [0.1, 0.15) is 0 Å². The largest absolute Gasteiger partial charge is 0.392 e. The fraction of sp³-hybridized carbons (Fsp3) is 0.857. The van der Waals surface area contributed by atoms with Crippen LogP contribution in [0.4, 0.5) is 0 Å². The molecular weight excluding hydrogens is 179 g/mol. The van der Waals surface area contributed by atoms with Crippen LogP contribution in [-0.2, 0) is 18.4 Å². The SMILES string of the molecule is CCCCC(=O)OP(C)(=O)OC. The first-order chi connectivity index (χ1) is 5.52. The Kier molecular flexibility index (Phi) is 5.18. The van der Waals surface area contributed by atoms with Crippen LogP contribution >= 0.6 is 7.60 Å². The van der Waals surface area contributed by atoms with Crippen LogP contribution in [0.2, 0.25) is 0 Å². The van der Waals surface area contributed by atoms with Crippen molar-refractivity contribution >= 4 is 13.6 Å². The van der Waals surface area contributed by atoms with Gasteiger partial charge < -0.3 is 9.05 Å². The van der Waals surface area contributed by atoms with E-state index in [0.29, 0.717) is 6.42 Å². The molecule has 5 heteroatoms. The van der Waals surface area contributed by atoms with Gasteiger partial charge >= 0.3 is 13.6 Å². The van der Waals surface area contributed by atoms with Gasteiger partial charge in [-0.25, -0.2) is 4.57 Å². The Morgan fingerprint density at radius 2 is 2.08 bits per heavy atom. The van der Waals surface area contributed by atoms with Crippen LogP contribution in [0, 0.1) is 0 Å². The van der Waals surface area contributed by atoms with Crippen LogP contribution in [0.1, 0.15) is 26.2 Å². The van der Waals surface area contributed by atoms with Gasteiger partial charge in [-0.2, -0.15) is 0 Å². The van der Waals surface area contributed by atoms with E-state index in [2.05, 4.69) is 9.05 Å². The fourth-order valence-corrected chi connectivity index (χ4v) is 1.12. The summed E-state index contributed by atoms with van der Waals surface area (Å²) in [6, 6.07) is 0. The van der Waals surface area contributed by atoms with Crippen LogP contribution in [-0.4, -0.2) is 19.7 Å². The molecule has 0 aromatic carbocycles. The summed E-state index contributed by atoms with van der Waals surface area (Å²) >= 11 is 0. The Morgan fingerprint density at radius 1 is 1.50 bits per heavy atom. The molecule has 0 aliphatic rings. The average molecular weight is 194 g/mol. The number of carbonyl (C=O) groups is 1. The summed E-state index contributed by atoms with van der Waals surface area (Å²) in [6.45, 7) is 3.24. The summed E-state index contributed by atoms with van der Waals surface area (Å²) in [4.78, 5) is 10.9. The lowest BCUT2D eigenvalue weighted by Gasteiger charge is -2.10. The maximum absolute atomic E-state index is 11.1. The van der Waals surface area contributed by atoms with Gasteiger partial charge in [0.2, 0.25) is 0 Å². The van der Waals surface area contributed by atoms with Crippen molar-refractivity contribution in [1.82, 2.24) is 0 Å². The van der Waals surface area contributed by atoms with Crippen molar-refractivity contribution < 1.29 is 18.4 Å². The molecule has 0 aliphatic carbocycles. The first-order valence-corrected chi connectivity index (χ1v) is 5.86. The predicted molar refractivity (Wildman–Crippen MR) is 46.2 cm³/mol. The minimum absolute atomic E-state index is 0.303. The Labute approximate surface area is 72.8 Å². The lowest BCUT2D eigenvalue weighted by Crippen LogP contribution is -2.02. The standard InChI is InChI=1S/C7H15O4P/c1-4-5-6-7(8)11-12(3,9)10-2/h4-6H2,1-3H3. The predicted octanol–water partition coefficient (Wildman–Crippen LogP) is 2.19. The van der Waals surface area contributed by atoms with Crippen molar-refractivity contribution in [3.8, 4) is 0 Å². The highest BCUT2D eigenvalue weighted by molar-refractivity contribution is 7.53. The lowest BCUT2D eigenvalue weighted by atomic mass is 10.3. The second kappa shape index (κ2) is 5.33. The van der Waals surface area contributed by atoms with Crippen LogP contribution in [0.15, 0.2) is 0 Å². The van der Waals surface area contributed by atoms with Crippen molar-refractivity contribution in [3.63, 3.8) is 0 Å². The molecule has 72 valence electrons. The molecular formula is C7H15O4P. The highest BCUT2D eigenvalue weighted by atomic mass is 31.2. The first kappa shape index (κ1) is 11.7. The summed E-state index contributed by atoms with van der Waals surface area (Å²) in [7, 11) is -1.86. The normalized spacial score (nSPS) is 15.2. The Bertz CT molecular complexity index is 190. The highest BCUT2D eigenvalue weighted by Gasteiger charge is 2.19. The third-order valence-corrected chi connectivity index (χ3v) is 2.53. The summed E-state index contributed by atoms with van der Waals surface area (Å²) < 4.78 is 20.2. The molecule has 0 aliphatic heterocycles. The zero-order valence-electron chi connectivity index (χ0n) is 7.70. The summed E-state index contributed by atoms with van der Waals surface area (Å²) in [5.41, 5.74) is 0. The van der Waals surface area contributed by atoms with E-state index >= 15 is 0 Å². The quantitative estimate of drug-likeness (QED) is 0.629. The average Bonchev–Trinajstić information content (AvgIpc) is 2.00. The van der Waals surface area contributed by atoms with Crippen molar-refractivity contribution in [3.05, 3.63) is 0 Å². The summed E-state index contributed by atoms with van der Waals surface area (Å²) in [5.74, 6) is -0.454. The topological polar surface area (TPSA) is 52.6 Å². The third-order valence-electron chi connectivity index (χ3n) is 1.33. The molecule has 4 nitrogen and oxygen atoms in total. The van der Waals surface area contributed by atoms with Gasteiger partial charge in [0, 0.05) is 20.2 Å². The lowest BCUT2D eigenvalue weighted by molar-refractivity contribution is -0.135. The third kappa shape index (κ3) is 5.33. The highest BCUT2D eigenvalue weighted by Crippen LogP contribution is 2.42. The monoisotopic (exact) mass is 194 g/mol. The van der Waals surface area contributed by atoms with E-state index < -0.39 is 13.6 Å². The van der Waals surface area contributed by atoms with Crippen LogP contribution < -0.4 is 0 Å². The second-order valence-electron chi connectivity index (χ2n) is 2.52. The maximum atomic E-state index is 11.1. The van der Waals surface area contributed by atoms with E-state index in [1.807, 2.05) is 6.92 Å². The molecule has 0 spiro atoms. The first-order valence-electron chi connectivity index (χ1n) is 3.87. The second-order valence-corrected chi connectivity index (χ2v) is 4.61. The number of hydrogen-bond acceptors (Lipinski definition) is 4. The summed E-state index contributed by atoms with van der Waals surface area (Å²) in [5, 5.41) is 0. The minimum Gasteiger partial charge on any atom is -0.392 e. The molecule has 1 unspecified atom stereocenters. The van der Waals surface area contributed by atoms with Crippen molar-refractivity contribution in [1.29, 1.82) is 0 Å². The molecule has 0 fully saturated rings. The van der Waals surface area contributed by atoms with Crippen LogP contribution in [0.3, 0.4) is 0 Å². The number of unbranched alkanes of at least 4 members (excludes halogenated alkanes) is 1. The smallest absolute Gasteiger partial charge is 0.378 e. The van der Waals surface area contributed by atoms with E-state index in [1.54, 1.807) is 0 Å². The molecule has 0 saturated carbocycles. The molecule has 0 saturated heterocycles. The molecule has 0 rings (SSSR count). The van der Waals surface area contributed by atoms with Crippen LogP contribution in [0.5, 0.6) is 0 Å². The van der Waals surface area contributed by atoms with E-state index in [4.69, 9.17) is 0 Å². The molecule has 12 heavy (non-hydrogen) atoms. The molecule has 0 aromatic rings. The molecule has 0 N–H and O–H groups in total. The van der Waals surface area contributed by atoms with Gasteiger partial charge in [0.25, 0.3) is 0 Å². The number of carbonyl (C=O) groups excluding carboxylic acids is 1. The van der Waals surface area contributed by atoms with Crippen molar-refractivity contribution in [2.45, 2.75) is 26.2 Å². The van der Waals surface area contributed by atoms with Crippen molar-refractivity contribution in [2.24, 2.45) is 0 Å². The van der Waals surface area contributed by atoms with Gasteiger partial charge in [-0.3, -0.25) is 4.79 Å². The Balaban J connectivity index is 3.76. The van der Waals surface area contributed by atoms with Gasteiger partial charge in [-0.05, 0) is 6.42 Å². The van der Waals surface area contributed by atoms with E-state index in [1.165, 1.54) is 13.8 Å². The van der Waals surface area contributed by atoms with Crippen molar-refractivity contribution in [2.75, 3.05) is 13.8 Å². The fourth-order valence-electron chi connectivity index (χ4n) is 0.589. The van der Waals surface area contributed by atoms with Gasteiger partial charge in [-0.1, -0.05) is 13.3 Å². The summed E-state index contributed by atoms with van der Waals surface area (Å²) in [6.07, 6.45) is 1.97. The van der Waals surface area contributed by atoms with Crippen LogP contribution in [0.25, 0.3) is 0 Å². The molecule has 0 amide bonds. The van der Waals surface area contributed by atoms with Gasteiger partial charge in [0.05, 0.1) is 0 Å². The number of rotatable bonds is 5. The molecule has 0 bridgehead atoms. The van der Waals surface area contributed by atoms with E-state index in [0.717, 1.165) is 12.8 Å². The van der Waals surface area contributed by atoms with Gasteiger partial charge in [-0.15, -0.1) is 0 Å².